The van der Waals surface area contributed by atoms with Crippen LogP contribution in [0.25, 0.3) is 0 Å². The topological polar surface area (TPSA) is 61.9 Å². The maximum Gasteiger partial charge on any atom is 0.232 e. The fourth-order valence-corrected chi connectivity index (χ4v) is 5.11. The Labute approximate surface area is 184 Å². The van der Waals surface area contributed by atoms with Crippen molar-refractivity contribution < 1.29 is 14.3 Å². The fourth-order valence-electron chi connectivity index (χ4n) is 5.11. The van der Waals surface area contributed by atoms with Crippen LogP contribution in [0.15, 0.2) is 47.8 Å². The van der Waals surface area contributed by atoms with Gasteiger partial charge in [-0.3, -0.25) is 9.59 Å². The van der Waals surface area contributed by atoms with Crippen molar-refractivity contribution in [2.75, 3.05) is 44.3 Å². The first-order valence-corrected chi connectivity index (χ1v) is 11.5. The Kier molecular flexibility index (Phi) is 6.46. The number of hydrogen-bond acceptors (Lipinski definition) is 5. The summed E-state index contributed by atoms with van der Waals surface area (Å²) in [4.78, 5) is 30.8. The molecule has 1 fully saturated rings. The van der Waals surface area contributed by atoms with Crippen molar-refractivity contribution in [1.82, 2.24) is 10.2 Å². The summed E-state index contributed by atoms with van der Waals surface area (Å²) in [5, 5.41) is 3.34. The molecule has 4 rings (SSSR count). The van der Waals surface area contributed by atoms with Gasteiger partial charge < -0.3 is 19.9 Å². The molecule has 6 nitrogen and oxygen atoms in total. The molecule has 2 heterocycles. The number of rotatable bonds is 5. The van der Waals surface area contributed by atoms with E-state index in [9.17, 15) is 9.59 Å². The van der Waals surface area contributed by atoms with Crippen LogP contribution in [-0.4, -0.2) is 56.0 Å². The molecular weight excluding hydrogens is 390 g/mol. The summed E-state index contributed by atoms with van der Waals surface area (Å²) in [5.74, 6) is -0.599. The molecule has 3 aliphatic rings. The van der Waals surface area contributed by atoms with Crippen molar-refractivity contribution in [3.05, 3.63) is 53.4 Å². The average molecular weight is 424 g/mol. The fraction of sp³-hybridized carbons (Fsp3) is 0.520. The van der Waals surface area contributed by atoms with E-state index in [2.05, 4.69) is 54.9 Å². The summed E-state index contributed by atoms with van der Waals surface area (Å²) in [7, 11) is 0. The molecule has 0 bridgehead atoms. The van der Waals surface area contributed by atoms with Crippen LogP contribution in [0.1, 0.15) is 44.6 Å². The molecule has 1 aromatic rings. The van der Waals surface area contributed by atoms with E-state index in [-0.39, 0.29) is 17.6 Å². The van der Waals surface area contributed by atoms with E-state index >= 15 is 0 Å². The quantitative estimate of drug-likeness (QED) is 0.788. The number of nitrogens with zero attached hydrogens (tertiary/aromatic N) is 2. The summed E-state index contributed by atoms with van der Waals surface area (Å²) in [6, 6.07) is 8.39. The minimum absolute atomic E-state index is 0.0311. The predicted molar refractivity (Wildman–Crippen MR) is 122 cm³/mol. The van der Waals surface area contributed by atoms with E-state index in [1.165, 1.54) is 0 Å². The Hall–Kier alpha value is -2.60. The van der Waals surface area contributed by atoms with Crippen LogP contribution in [0.2, 0.25) is 0 Å². The van der Waals surface area contributed by atoms with E-state index in [0.717, 1.165) is 48.5 Å². The summed E-state index contributed by atoms with van der Waals surface area (Å²) < 4.78 is 5.44. The lowest BCUT2D eigenvalue weighted by Gasteiger charge is -2.41. The number of ether oxygens (including phenoxy) is 1. The molecule has 1 aromatic carbocycles. The van der Waals surface area contributed by atoms with Crippen LogP contribution in [0.5, 0.6) is 0 Å². The van der Waals surface area contributed by atoms with E-state index in [0.29, 0.717) is 38.4 Å². The second-order valence-corrected chi connectivity index (χ2v) is 8.48. The number of nitrogens with one attached hydrogen (secondary N) is 1. The highest BCUT2D eigenvalue weighted by Crippen LogP contribution is 2.44. The van der Waals surface area contributed by atoms with Gasteiger partial charge in [-0.15, -0.1) is 0 Å². The van der Waals surface area contributed by atoms with Crippen molar-refractivity contribution in [3.8, 4) is 0 Å². The van der Waals surface area contributed by atoms with Crippen molar-refractivity contribution >= 4 is 17.4 Å². The second kappa shape index (κ2) is 9.27. The highest BCUT2D eigenvalue weighted by Gasteiger charge is 2.44. The van der Waals surface area contributed by atoms with Gasteiger partial charge in [-0.25, -0.2) is 0 Å². The maximum absolute atomic E-state index is 13.6. The van der Waals surface area contributed by atoms with Crippen molar-refractivity contribution in [2.24, 2.45) is 5.92 Å². The predicted octanol–water partition coefficient (Wildman–Crippen LogP) is 3.22. The molecule has 31 heavy (non-hydrogen) atoms. The SMILES string of the molecule is C=C1NC2=C(C(=O)CCC2)C(c2ccc(N(CC)CC)cc2)C1C(=O)N1CCOCC1. The minimum Gasteiger partial charge on any atom is -0.378 e. The highest BCUT2D eigenvalue weighted by molar-refractivity contribution is 6.00. The van der Waals surface area contributed by atoms with Gasteiger partial charge in [-0.05, 0) is 44.4 Å². The third kappa shape index (κ3) is 4.13. The van der Waals surface area contributed by atoms with Crippen LogP contribution in [-0.2, 0) is 14.3 Å². The Bertz CT molecular complexity index is 880. The monoisotopic (exact) mass is 423 g/mol. The van der Waals surface area contributed by atoms with Gasteiger partial charge in [0.05, 0.1) is 19.1 Å². The van der Waals surface area contributed by atoms with Crippen LogP contribution in [0, 0.1) is 5.92 Å². The molecule has 0 radical (unpaired) electrons. The molecule has 166 valence electrons. The molecule has 0 saturated carbocycles. The number of carbonyl (C=O) groups is 2. The Balaban J connectivity index is 1.75. The van der Waals surface area contributed by atoms with Crippen molar-refractivity contribution in [2.45, 2.75) is 39.0 Å². The van der Waals surface area contributed by atoms with Gasteiger partial charge in [0, 0.05) is 61.2 Å². The number of anilines is 1. The smallest absolute Gasteiger partial charge is 0.232 e. The lowest BCUT2D eigenvalue weighted by molar-refractivity contribution is -0.139. The van der Waals surface area contributed by atoms with E-state index < -0.39 is 5.92 Å². The number of ketones is 1. The Morgan fingerprint density at radius 1 is 1.16 bits per heavy atom. The minimum atomic E-state index is -0.488. The molecule has 0 aromatic heterocycles. The first-order chi connectivity index (χ1) is 15.0. The molecule has 1 saturated heterocycles. The maximum atomic E-state index is 13.6. The molecule has 1 aliphatic carbocycles. The van der Waals surface area contributed by atoms with Crippen molar-refractivity contribution in [1.29, 1.82) is 0 Å². The standard InChI is InChI=1S/C25H33N3O3/c1-4-27(5-2)19-11-9-18(10-12-19)23-22(25(30)28-13-15-31-16-14-28)17(3)26-20-7-6-8-21(29)24(20)23/h9-12,22-23,26H,3-8,13-16H2,1-2H3. The molecule has 0 spiro atoms. The van der Waals surface area contributed by atoms with Gasteiger partial charge in [-0.1, -0.05) is 18.7 Å². The van der Waals surface area contributed by atoms with E-state index in [1.54, 1.807) is 0 Å². The number of allylic oxidation sites excluding steroid dienone is 2. The molecule has 2 unspecified atom stereocenters. The lowest BCUT2D eigenvalue weighted by atomic mass is 9.71. The van der Waals surface area contributed by atoms with Crippen LogP contribution >= 0.6 is 0 Å². The second-order valence-electron chi connectivity index (χ2n) is 8.48. The first kappa shape index (κ1) is 21.6. The van der Waals surface area contributed by atoms with Crippen molar-refractivity contribution in [3.63, 3.8) is 0 Å². The number of hydrogen-bond donors (Lipinski definition) is 1. The average Bonchev–Trinajstić information content (AvgIpc) is 2.80. The third-order valence-corrected chi connectivity index (χ3v) is 6.76. The summed E-state index contributed by atoms with van der Waals surface area (Å²) >= 11 is 0. The zero-order valence-electron chi connectivity index (χ0n) is 18.7. The Morgan fingerprint density at radius 3 is 2.48 bits per heavy atom. The van der Waals surface area contributed by atoms with E-state index in [4.69, 9.17) is 4.74 Å². The summed E-state index contributed by atoms with van der Waals surface area (Å²) in [5.41, 5.74) is 4.59. The first-order valence-electron chi connectivity index (χ1n) is 11.5. The summed E-state index contributed by atoms with van der Waals surface area (Å²) in [6.45, 7) is 12.6. The van der Waals surface area contributed by atoms with Gasteiger partial charge in [0.15, 0.2) is 5.78 Å². The normalized spacial score (nSPS) is 24.0. The van der Waals surface area contributed by atoms with E-state index in [1.807, 2.05) is 4.90 Å². The van der Waals surface area contributed by atoms with Gasteiger partial charge in [0.1, 0.15) is 0 Å². The van der Waals surface area contributed by atoms with Gasteiger partial charge in [-0.2, -0.15) is 0 Å². The number of Topliss-reactive ketones (excluding diaryl/α,β-unsaturated/α-hetero) is 1. The van der Waals surface area contributed by atoms with Crippen LogP contribution in [0.3, 0.4) is 0 Å². The number of morpholine rings is 1. The lowest BCUT2D eigenvalue weighted by Crippen LogP contribution is -2.49. The highest BCUT2D eigenvalue weighted by atomic mass is 16.5. The zero-order valence-corrected chi connectivity index (χ0v) is 18.7. The van der Waals surface area contributed by atoms with Gasteiger partial charge >= 0.3 is 0 Å². The van der Waals surface area contributed by atoms with Gasteiger partial charge in [0.25, 0.3) is 0 Å². The zero-order chi connectivity index (χ0) is 22.0. The number of amides is 1. The summed E-state index contributed by atoms with van der Waals surface area (Å²) in [6.07, 6.45) is 2.21. The molecule has 2 aliphatic heterocycles. The van der Waals surface area contributed by atoms with Crippen LogP contribution < -0.4 is 10.2 Å². The third-order valence-electron chi connectivity index (χ3n) is 6.76. The number of carbonyl (C=O) groups excluding carboxylic acids is 2. The number of benzene rings is 1. The molecule has 1 amide bonds. The Morgan fingerprint density at radius 2 is 1.84 bits per heavy atom. The van der Waals surface area contributed by atoms with Crippen LogP contribution in [0.4, 0.5) is 5.69 Å². The molecule has 6 heteroatoms. The van der Waals surface area contributed by atoms with Gasteiger partial charge in [0.2, 0.25) is 5.91 Å². The molecule has 2 atom stereocenters. The molecule has 1 N–H and O–H groups in total. The molecular formula is C25H33N3O3. The largest absolute Gasteiger partial charge is 0.378 e.